The molecule has 2 heteroatoms. The van der Waals surface area contributed by atoms with Crippen molar-refractivity contribution in [2.45, 2.75) is 38.0 Å². The first-order valence-corrected chi connectivity index (χ1v) is 19.0. The molecule has 53 heavy (non-hydrogen) atoms. The van der Waals surface area contributed by atoms with Crippen LogP contribution in [0.2, 0.25) is 0 Å². The van der Waals surface area contributed by atoms with E-state index in [0.717, 1.165) is 12.8 Å². The summed E-state index contributed by atoms with van der Waals surface area (Å²) in [6.45, 7) is 4.86. The minimum atomic E-state index is 0.0564. The van der Waals surface area contributed by atoms with Crippen LogP contribution in [0.1, 0.15) is 49.3 Å². The quantitative estimate of drug-likeness (QED) is 0.169. The van der Waals surface area contributed by atoms with Crippen LogP contribution >= 0.6 is 0 Å². The normalized spacial score (nSPS) is 18.5. The minimum absolute atomic E-state index is 0.0564. The fraction of sp³-hybridized carbons (Fsp3) is 0.137. The number of para-hydroxylation sites is 2. The molecule has 0 fully saturated rings. The second kappa shape index (κ2) is 12.5. The van der Waals surface area contributed by atoms with Crippen molar-refractivity contribution in [1.29, 1.82) is 0 Å². The van der Waals surface area contributed by atoms with Crippen molar-refractivity contribution in [1.82, 2.24) is 4.57 Å². The van der Waals surface area contributed by atoms with Crippen LogP contribution in [-0.4, -0.2) is 4.57 Å². The Labute approximate surface area is 312 Å². The molecule has 256 valence electrons. The second-order valence-electron chi connectivity index (χ2n) is 15.4. The van der Waals surface area contributed by atoms with Gasteiger partial charge >= 0.3 is 0 Å². The van der Waals surface area contributed by atoms with Crippen molar-refractivity contribution in [3.8, 4) is 16.8 Å². The molecule has 1 aromatic heterocycles. The van der Waals surface area contributed by atoms with E-state index in [1.54, 1.807) is 0 Å². The van der Waals surface area contributed by atoms with Crippen LogP contribution in [0.5, 0.6) is 0 Å². The van der Waals surface area contributed by atoms with Gasteiger partial charge in [0.1, 0.15) is 0 Å². The number of hydrogen-bond acceptors (Lipinski definition) is 1. The van der Waals surface area contributed by atoms with Crippen LogP contribution in [0.25, 0.3) is 44.2 Å². The summed E-state index contributed by atoms with van der Waals surface area (Å²) in [5.74, 6) is 0.808. The smallest absolute Gasteiger partial charge is 0.0541 e. The Balaban J connectivity index is 1.06. The van der Waals surface area contributed by atoms with E-state index in [-0.39, 0.29) is 5.41 Å². The lowest BCUT2D eigenvalue weighted by atomic mass is 9.74. The molecule has 6 aromatic carbocycles. The Bertz CT molecular complexity index is 2650. The summed E-state index contributed by atoms with van der Waals surface area (Å²) in [7, 11) is 0. The topological polar surface area (TPSA) is 8.17 Å². The van der Waals surface area contributed by atoms with Crippen LogP contribution < -0.4 is 4.90 Å². The fourth-order valence-corrected chi connectivity index (χ4v) is 9.27. The SMILES string of the molecule is CC1(C)c2ccccc2C2=CC=C(N(c3ccc(-c4ccc5c(c4)c4ccccc4n5-c4ccccc4)cc3)c3cccc(C4C=CC=CC4)c3)CC21. The molecule has 0 saturated heterocycles. The zero-order valence-electron chi connectivity index (χ0n) is 30.3. The van der Waals surface area contributed by atoms with Crippen molar-refractivity contribution >= 4 is 38.8 Å². The molecule has 0 amide bonds. The van der Waals surface area contributed by atoms with E-state index < -0.39 is 0 Å². The van der Waals surface area contributed by atoms with Gasteiger partial charge in [-0.15, -0.1) is 0 Å². The highest BCUT2D eigenvalue weighted by atomic mass is 15.1. The van der Waals surface area contributed by atoms with Gasteiger partial charge < -0.3 is 9.47 Å². The van der Waals surface area contributed by atoms with Crippen molar-refractivity contribution in [3.63, 3.8) is 0 Å². The fourth-order valence-electron chi connectivity index (χ4n) is 9.27. The third kappa shape index (κ3) is 5.24. The molecule has 1 heterocycles. The standard InChI is InChI=1S/C51H42N2/c1-51(2)47-22-11-9-20-43(47)44-30-29-42(34-48(44)51)52(41-19-13-16-37(32-41)35-14-5-3-6-15-35)40-27-24-36(25-28-40)38-26-31-50-46(33-38)45-21-10-12-23-49(45)53(50)39-17-7-4-8-18-39/h3-14,16-33,35,48H,15,34H2,1-2H3. The molecule has 2 atom stereocenters. The highest BCUT2D eigenvalue weighted by Gasteiger charge is 2.44. The van der Waals surface area contributed by atoms with E-state index in [2.05, 4.69) is 205 Å². The highest BCUT2D eigenvalue weighted by molar-refractivity contribution is 6.10. The summed E-state index contributed by atoms with van der Waals surface area (Å²) in [6, 6.07) is 53.8. The molecule has 0 radical (unpaired) electrons. The predicted octanol–water partition coefficient (Wildman–Crippen LogP) is 13.5. The molecule has 0 spiro atoms. The largest absolute Gasteiger partial charge is 0.314 e. The maximum Gasteiger partial charge on any atom is 0.0541 e. The predicted molar refractivity (Wildman–Crippen MR) is 224 cm³/mol. The average molecular weight is 683 g/mol. The summed E-state index contributed by atoms with van der Waals surface area (Å²) < 4.78 is 2.38. The van der Waals surface area contributed by atoms with Gasteiger partial charge in [-0.05, 0) is 118 Å². The summed E-state index contributed by atoms with van der Waals surface area (Å²) >= 11 is 0. The van der Waals surface area contributed by atoms with Gasteiger partial charge in [0, 0.05) is 39.4 Å². The van der Waals surface area contributed by atoms with Crippen LogP contribution in [-0.2, 0) is 5.41 Å². The van der Waals surface area contributed by atoms with Crippen LogP contribution in [0, 0.1) is 5.92 Å². The van der Waals surface area contributed by atoms with E-state index in [1.165, 1.54) is 78.0 Å². The number of fused-ring (bicyclic) bond motifs is 6. The van der Waals surface area contributed by atoms with E-state index in [0.29, 0.717) is 11.8 Å². The lowest BCUT2D eigenvalue weighted by Gasteiger charge is -2.36. The summed E-state index contributed by atoms with van der Waals surface area (Å²) in [6.07, 6.45) is 15.7. The number of nitrogens with zero attached hydrogens (tertiary/aromatic N) is 2. The summed E-state index contributed by atoms with van der Waals surface area (Å²) in [5, 5.41) is 2.54. The Kier molecular flexibility index (Phi) is 7.47. The molecule has 2 nitrogen and oxygen atoms in total. The Morgan fingerprint density at radius 3 is 2.25 bits per heavy atom. The number of rotatable bonds is 6. The van der Waals surface area contributed by atoms with Crippen LogP contribution in [0.3, 0.4) is 0 Å². The molecule has 2 unspecified atom stereocenters. The van der Waals surface area contributed by atoms with Gasteiger partial charge in [0.25, 0.3) is 0 Å². The summed E-state index contributed by atoms with van der Waals surface area (Å²) in [5.41, 5.74) is 15.6. The van der Waals surface area contributed by atoms with Gasteiger partial charge in [-0.1, -0.05) is 135 Å². The van der Waals surface area contributed by atoms with Gasteiger partial charge in [0.2, 0.25) is 0 Å². The minimum Gasteiger partial charge on any atom is -0.314 e. The Morgan fingerprint density at radius 1 is 0.623 bits per heavy atom. The average Bonchev–Trinajstić information content (AvgIpc) is 3.67. The molecule has 0 saturated carbocycles. The van der Waals surface area contributed by atoms with Crippen molar-refractivity contribution < 1.29 is 0 Å². The van der Waals surface area contributed by atoms with Gasteiger partial charge in [0.15, 0.2) is 0 Å². The lowest BCUT2D eigenvalue weighted by Crippen LogP contribution is -2.28. The number of hydrogen-bond donors (Lipinski definition) is 0. The van der Waals surface area contributed by atoms with E-state index in [9.17, 15) is 0 Å². The Morgan fingerprint density at radius 2 is 1.40 bits per heavy atom. The van der Waals surface area contributed by atoms with Gasteiger partial charge in [-0.2, -0.15) is 0 Å². The summed E-state index contributed by atoms with van der Waals surface area (Å²) in [4.78, 5) is 2.51. The van der Waals surface area contributed by atoms with Crippen LogP contribution in [0.4, 0.5) is 11.4 Å². The van der Waals surface area contributed by atoms with Gasteiger partial charge in [-0.25, -0.2) is 0 Å². The maximum atomic E-state index is 2.51. The first kappa shape index (κ1) is 31.6. The first-order valence-electron chi connectivity index (χ1n) is 19.0. The Hall–Kier alpha value is -6.12. The molecule has 7 aromatic rings. The third-order valence-electron chi connectivity index (χ3n) is 12.0. The van der Waals surface area contributed by atoms with Crippen molar-refractivity contribution in [2.75, 3.05) is 4.90 Å². The zero-order valence-corrected chi connectivity index (χ0v) is 30.3. The second-order valence-corrected chi connectivity index (χ2v) is 15.4. The van der Waals surface area contributed by atoms with Crippen molar-refractivity contribution in [3.05, 3.63) is 204 Å². The molecule has 0 bridgehead atoms. The molecule has 10 rings (SSSR count). The van der Waals surface area contributed by atoms with Gasteiger partial charge in [0.05, 0.1) is 11.0 Å². The van der Waals surface area contributed by atoms with Gasteiger partial charge in [-0.3, -0.25) is 0 Å². The van der Waals surface area contributed by atoms with Crippen molar-refractivity contribution in [2.24, 2.45) is 5.92 Å². The molecule has 0 N–H and O–H groups in total. The monoisotopic (exact) mass is 682 g/mol. The highest BCUT2D eigenvalue weighted by Crippen LogP contribution is 2.54. The zero-order chi connectivity index (χ0) is 35.5. The number of benzene rings is 6. The lowest BCUT2D eigenvalue weighted by molar-refractivity contribution is 0.406. The number of allylic oxidation sites excluding steroid dienone is 8. The number of aromatic nitrogens is 1. The van der Waals surface area contributed by atoms with Crippen LogP contribution in [0.15, 0.2) is 188 Å². The molecular formula is C51H42N2. The van der Waals surface area contributed by atoms with E-state index in [1.807, 2.05) is 0 Å². The maximum absolute atomic E-state index is 2.51. The third-order valence-corrected chi connectivity index (χ3v) is 12.0. The molecule has 3 aliphatic carbocycles. The molecular weight excluding hydrogens is 641 g/mol. The molecule has 0 aliphatic heterocycles. The first-order chi connectivity index (χ1) is 26.0. The van der Waals surface area contributed by atoms with E-state index in [4.69, 9.17) is 0 Å². The molecule has 3 aliphatic rings. The number of anilines is 2. The van der Waals surface area contributed by atoms with E-state index >= 15 is 0 Å².